The minimum atomic E-state index is -0.508. The first-order chi connectivity index (χ1) is 15.0. The Hall–Kier alpha value is -2.71. The molecule has 1 aromatic carbocycles. The number of carbonyl (C=O) groups is 1. The minimum absolute atomic E-state index is 0.00178. The summed E-state index contributed by atoms with van der Waals surface area (Å²) in [6, 6.07) is 7.67. The first-order valence-corrected chi connectivity index (χ1v) is 11.2. The molecule has 0 unspecified atom stereocenters. The molecule has 158 valence electrons. The summed E-state index contributed by atoms with van der Waals surface area (Å²) in [6.45, 7) is 0. The number of benzene rings is 1. The molecule has 0 saturated heterocycles. The standard InChI is InChI=1S/C22H18ClFN4O2S/c23-16-10-13(6-8-17(16)24)18-9-7-14(30-18)11-15-19(25)28-22(26-20(15)29)31-21(27-28)12-4-2-1-3-5-12/h6-12,25H,1-5H2. The summed E-state index contributed by atoms with van der Waals surface area (Å²) in [6.07, 6.45) is 7.25. The van der Waals surface area contributed by atoms with Crippen molar-refractivity contribution in [3.63, 3.8) is 0 Å². The molecule has 1 saturated carbocycles. The normalized spacial score (nSPS) is 20.8. The van der Waals surface area contributed by atoms with E-state index < -0.39 is 11.7 Å². The highest BCUT2D eigenvalue weighted by molar-refractivity contribution is 8.27. The molecule has 31 heavy (non-hydrogen) atoms. The molecule has 1 aromatic heterocycles. The van der Waals surface area contributed by atoms with E-state index in [1.54, 1.807) is 18.2 Å². The van der Waals surface area contributed by atoms with E-state index in [4.69, 9.17) is 21.4 Å². The Morgan fingerprint density at radius 2 is 2.03 bits per heavy atom. The zero-order valence-electron chi connectivity index (χ0n) is 16.4. The average molecular weight is 457 g/mol. The first-order valence-electron chi connectivity index (χ1n) is 10.0. The molecular formula is C22H18ClFN4O2S. The Kier molecular flexibility index (Phi) is 5.27. The van der Waals surface area contributed by atoms with Crippen molar-refractivity contribution in [2.24, 2.45) is 16.0 Å². The lowest BCUT2D eigenvalue weighted by atomic mass is 9.90. The number of carbonyl (C=O) groups excluding carboxylic acids is 1. The minimum Gasteiger partial charge on any atom is -0.457 e. The highest BCUT2D eigenvalue weighted by atomic mass is 35.5. The van der Waals surface area contributed by atoms with Crippen molar-refractivity contribution >= 4 is 51.4 Å². The molecule has 0 bridgehead atoms. The van der Waals surface area contributed by atoms with Crippen LogP contribution in [0.3, 0.4) is 0 Å². The fourth-order valence-corrected chi connectivity index (χ4v) is 5.14. The van der Waals surface area contributed by atoms with E-state index in [0.717, 1.165) is 17.9 Å². The second-order valence-electron chi connectivity index (χ2n) is 7.62. The van der Waals surface area contributed by atoms with Gasteiger partial charge in [0.05, 0.1) is 10.6 Å². The van der Waals surface area contributed by atoms with Gasteiger partial charge in [-0.1, -0.05) is 30.9 Å². The molecule has 3 heterocycles. The van der Waals surface area contributed by atoms with Crippen molar-refractivity contribution in [1.82, 2.24) is 5.01 Å². The van der Waals surface area contributed by atoms with Crippen molar-refractivity contribution in [2.45, 2.75) is 32.1 Å². The molecule has 0 radical (unpaired) electrons. The molecule has 0 spiro atoms. The summed E-state index contributed by atoms with van der Waals surface area (Å²) in [7, 11) is 0. The fraction of sp³-hybridized carbons (Fsp3) is 0.273. The Labute approximate surface area is 187 Å². The van der Waals surface area contributed by atoms with Gasteiger partial charge in [-0.3, -0.25) is 10.2 Å². The summed E-state index contributed by atoms with van der Waals surface area (Å²) in [5.41, 5.74) is 0.718. The second kappa shape index (κ2) is 8.09. The summed E-state index contributed by atoms with van der Waals surface area (Å²) in [4.78, 5) is 16.8. The zero-order valence-corrected chi connectivity index (χ0v) is 18.0. The highest BCUT2D eigenvalue weighted by Crippen LogP contribution is 2.36. The topological polar surface area (TPSA) is 82.0 Å². The van der Waals surface area contributed by atoms with Crippen LogP contribution in [0.25, 0.3) is 17.4 Å². The molecule has 6 nitrogen and oxygen atoms in total. The third kappa shape index (κ3) is 3.85. The monoisotopic (exact) mass is 456 g/mol. The smallest absolute Gasteiger partial charge is 0.283 e. The number of furan rings is 1. The van der Waals surface area contributed by atoms with Gasteiger partial charge in [0.1, 0.15) is 22.4 Å². The van der Waals surface area contributed by atoms with Crippen LogP contribution in [-0.2, 0) is 4.79 Å². The molecule has 5 rings (SSSR count). The third-order valence-electron chi connectivity index (χ3n) is 5.54. The molecule has 1 fully saturated rings. The van der Waals surface area contributed by atoms with Crippen molar-refractivity contribution in [2.75, 3.05) is 0 Å². The van der Waals surface area contributed by atoms with Gasteiger partial charge in [-0.2, -0.15) is 15.1 Å². The second-order valence-corrected chi connectivity index (χ2v) is 9.02. The lowest BCUT2D eigenvalue weighted by molar-refractivity contribution is -0.114. The van der Waals surface area contributed by atoms with E-state index in [0.29, 0.717) is 28.2 Å². The quantitative estimate of drug-likeness (QED) is 0.579. The van der Waals surface area contributed by atoms with Crippen LogP contribution in [-0.4, -0.2) is 27.0 Å². The lowest BCUT2D eigenvalue weighted by Crippen LogP contribution is -2.35. The van der Waals surface area contributed by atoms with Gasteiger partial charge in [0.2, 0.25) is 5.17 Å². The van der Waals surface area contributed by atoms with Gasteiger partial charge in [0.25, 0.3) is 5.91 Å². The van der Waals surface area contributed by atoms with Gasteiger partial charge in [-0.15, -0.1) is 0 Å². The molecule has 2 aliphatic heterocycles. The number of hydrogen-bond acceptors (Lipinski definition) is 5. The molecule has 1 N–H and O–H groups in total. The van der Waals surface area contributed by atoms with Crippen LogP contribution in [0.2, 0.25) is 5.02 Å². The van der Waals surface area contributed by atoms with Gasteiger partial charge in [0.15, 0.2) is 5.84 Å². The Bertz CT molecular complexity index is 1180. The predicted octanol–water partition coefficient (Wildman–Crippen LogP) is 5.94. The van der Waals surface area contributed by atoms with E-state index >= 15 is 0 Å². The molecule has 3 aliphatic rings. The van der Waals surface area contributed by atoms with Gasteiger partial charge >= 0.3 is 0 Å². The number of amidine groups is 2. The number of amides is 1. The summed E-state index contributed by atoms with van der Waals surface area (Å²) in [5.74, 6) is 0.207. The van der Waals surface area contributed by atoms with Crippen LogP contribution in [0, 0.1) is 17.1 Å². The number of thioether (sulfide) groups is 1. The highest BCUT2D eigenvalue weighted by Gasteiger charge is 2.38. The van der Waals surface area contributed by atoms with Crippen LogP contribution in [0.1, 0.15) is 37.9 Å². The van der Waals surface area contributed by atoms with E-state index in [2.05, 4.69) is 10.1 Å². The zero-order chi connectivity index (χ0) is 21.5. The van der Waals surface area contributed by atoms with Crippen LogP contribution < -0.4 is 0 Å². The molecule has 2 aromatic rings. The van der Waals surface area contributed by atoms with Crippen LogP contribution in [0.15, 0.2) is 50.4 Å². The van der Waals surface area contributed by atoms with Crippen molar-refractivity contribution in [3.05, 3.63) is 52.5 Å². The number of hydrazone groups is 1. The Morgan fingerprint density at radius 3 is 2.81 bits per heavy atom. The predicted molar refractivity (Wildman–Crippen MR) is 121 cm³/mol. The number of nitrogens with zero attached hydrogens (tertiary/aromatic N) is 3. The first kappa shape index (κ1) is 20.2. The van der Waals surface area contributed by atoms with E-state index in [9.17, 15) is 9.18 Å². The van der Waals surface area contributed by atoms with E-state index in [1.807, 2.05) is 0 Å². The fourth-order valence-electron chi connectivity index (χ4n) is 3.90. The van der Waals surface area contributed by atoms with Gasteiger partial charge < -0.3 is 4.42 Å². The van der Waals surface area contributed by atoms with E-state index in [1.165, 1.54) is 54.2 Å². The number of fused-ring (bicyclic) bond motifs is 1. The maximum atomic E-state index is 13.4. The van der Waals surface area contributed by atoms with Crippen LogP contribution >= 0.6 is 23.4 Å². The number of halogens is 2. The average Bonchev–Trinajstić information content (AvgIpc) is 3.41. The number of aliphatic imine (C=N–C) groups is 1. The van der Waals surface area contributed by atoms with Gasteiger partial charge in [0, 0.05) is 11.5 Å². The summed E-state index contributed by atoms with van der Waals surface area (Å²) in [5, 5.41) is 15.9. The molecular weight excluding hydrogens is 439 g/mol. The number of hydrogen-bond donors (Lipinski definition) is 1. The van der Waals surface area contributed by atoms with Crippen molar-refractivity contribution in [3.8, 4) is 11.3 Å². The van der Waals surface area contributed by atoms with Crippen LogP contribution in [0.4, 0.5) is 4.39 Å². The maximum absolute atomic E-state index is 13.4. The van der Waals surface area contributed by atoms with E-state index in [-0.39, 0.29) is 16.4 Å². The molecule has 0 atom stereocenters. The lowest BCUT2D eigenvalue weighted by Gasteiger charge is -2.20. The van der Waals surface area contributed by atoms with Gasteiger partial charge in [-0.25, -0.2) is 4.39 Å². The Morgan fingerprint density at radius 1 is 1.23 bits per heavy atom. The van der Waals surface area contributed by atoms with Crippen LogP contribution in [0.5, 0.6) is 0 Å². The SMILES string of the molecule is N=C1C(=Cc2ccc(-c3ccc(F)c(Cl)c3)o2)C(=O)N=C2SC(C3CCCCC3)=NN12. The summed E-state index contributed by atoms with van der Waals surface area (Å²) >= 11 is 7.24. The van der Waals surface area contributed by atoms with Crippen molar-refractivity contribution in [1.29, 1.82) is 5.41 Å². The molecule has 9 heteroatoms. The molecule has 1 amide bonds. The Balaban J connectivity index is 1.40. The third-order valence-corrected chi connectivity index (χ3v) is 6.90. The van der Waals surface area contributed by atoms with Gasteiger partial charge in [-0.05, 0) is 61.0 Å². The number of nitrogens with one attached hydrogen (secondary N) is 1. The number of rotatable bonds is 3. The molecule has 1 aliphatic carbocycles. The summed E-state index contributed by atoms with van der Waals surface area (Å²) < 4.78 is 19.2. The van der Waals surface area contributed by atoms with Crippen molar-refractivity contribution < 1.29 is 13.6 Å². The largest absolute Gasteiger partial charge is 0.457 e. The maximum Gasteiger partial charge on any atom is 0.283 e.